The molecule has 2 fully saturated rings. The van der Waals surface area contributed by atoms with Crippen LogP contribution in [0.5, 0.6) is 0 Å². The zero-order valence-electron chi connectivity index (χ0n) is 10.1. The van der Waals surface area contributed by atoms with Crippen LogP contribution in [0.3, 0.4) is 0 Å². The number of hydrogen-bond donors (Lipinski definition) is 1. The van der Waals surface area contributed by atoms with Crippen molar-refractivity contribution in [1.82, 2.24) is 10.2 Å². The molecule has 1 amide bonds. The maximum Gasteiger partial charge on any atom is 0.226 e. The molecule has 1 N–H and O–H groups in total. The third-order valence-corrected chi connectivity index (χ3v) is 3.56. The molecule has 0 aromatic heterocycles. The molecule has 0 aromatic carbocycles. The van der Waals surface area contributed by atoms with Crippen molar-refractivity contribution in [2.75, 3.05) is 39.4 Å². The Balaban J connectivity index is 1.88. The van der Waals surface area contributed by atoms with Gasteiger partial charge in [0, 0.05) is 45.3 Å². The van der Waals surface area contributed by atoms with Gasteiger partial charge in [0.25, 0.3) is 0 Å². The van der Waals surface area contributed by atoms with Crippen LogP contribution in [-0.4, -0.2) is 50.2 Å². The summed E-state index contributed by atoms with van der Waals surface area (Å²) in [5, 5.41) is 3.31. The minimum absolute atomic E-state index is 0.127. The van der Waals surface area contributed by atoms with Crippen LogP contribution >= 0.6 is 0 Å². The number of carbonyl (C=O) groups is 1. The quantitative estimate of drug-likeness (QED) is 0.744. The van der Waals surface area contributed by atoms with E-state index in [2.05, 4.69) is 5.32 Å². The SMILES string of the molecule is CC1CNCCN(CC2CCOCC2)C1=O. The van der Waals surface area contributed by atoms with Crippen LogP contribution in [0.15, 0.2) is 0 Å². The van der Waals surface area contributed by atoms with Crippen LogP contribution in [0.25, 0.3) is 0 Å². The molecule has 2 aliphatic rings. The Labute approximate surface area is 97.3 Å². The van der Waals surface area contributed by atoms with E-state index in [4.69, 9.17) is 4.74 Å². The first-order chi connectivity index (χ1) is 7.77. The second-order valence-corrected chi connectivity index (χ2v) is 4.95. The van der Waals surface area contributed by atoms with Gasteiger partial charge in [-0.1, -0.05) is 6.92 Å². The second kappa shape index (κ2) is 5.64. The van der Waals surface area contributed by atoms with E-state index in [0.717, 1.165) is 52.2 Å². The Kier molecular flexibility index (Phi) is 4.18. The molecule has 0 aliphatic carbocycles. The third kappa shape index (κ3) is 2.95. The average molecular weight is 226 g/mol. The zero-order chi connectivity index (χ0) is 11.4. The van der Waals surface area contributed by atoms with Crippen molar-refractivity contribution in [3.05, 3.63) is 0 Å². The smallest absolute Gasteiger partial charge is 0.226 e. The van der Waals surface area contributed by atoms with Crippen molar-refractivity contribution >= 4 is 5.91 Å². The van der Waals surface area contributed by atoms with Gasteiger partial charge < -0.3 is 15.0 Å². The summed E-state index contributed by atoms with van der Waals surface area (Å²) in [5.41, 5.74) is 0. The summed E-state index contributed by atoms with van der Waals surface area (Å²) in [6, 6.07) is 0. The standard InChI is InChI=1S/C12H22N2O2/c1-10-8-13-4-5-14(12(10)15)9-11-2-6-16-7-3-11/h10-11,13H,2-9H2,1H3. The largest absolute Gasteiger partial charge is 0.381 e. The summed E-state index contributed by atoms with van der Waals surface area (Å²) >= 11 is 0. The van der Waals surface area contributed by atoms with E-state index in [1.807, 2.05) is 11.8 Å². The van der Waals surface area contributed by atoms with Crippen molar-refractivity contribution in [2.45, 2.75) is 19.8 Å². The zero-order valence-corrected chi connectivity index (χ0v) is 10.1. The van der Waals surface area contributed by atoms with Gasteiger partial charge in [0.15, 0.2) is 0 Å². The Morgan fingerprint density at radius 3 is 2.94 bits per heavy atom. The molecule has 2 aliphatic heterocycles. The summed E-state index contributed by atoms with van der Waals surface area (Å²) in [5.74, 6) is 1.09. The second-order valence-electron chi connectivity index (χ2n) is 4.95. The topological polar surface area (TPSA) is 41.6 Å². The number of amides is 1. The molecule has 2 rings (SSSR count). The number of nitrogens with one attached hydrogen (secondary N) is 1. The predicted molar refractivity (Wildman–Crippen MR) is 62.2 cm³/mol. The Morgan fingerprint density at radius 1 is 1.44 bits per heavy atom. The maximum absolute atomic E-state index is 12.1. The first-order valence-corrected chi connectivity index (χ1v) is 6.34. The molecule has 4 nitrogen and oxygen atoms in total. The van der Waals surface area contributed by atoms with Gasteiger partial charge in [-0.25, -0.2) is 0 Å². The Bertz CT molecular complexity index is 239. The van der Waals surface area contributed by atoms with Gasteiger partial charge >= 0.3 is 0 Å². The van der Waals surface area contributed by atoms with Crippen molar-refractivity contribution in [1.29, 1.82) is 0 Å². The maximum atomic E-state index is 12.1. The Hall–Kier alpha value is -0.610. The monoisotopic (exact) mass is 226 g/mol. The molecule has 2 saturated heterocycles. The fourth-order valence-corrected chi connectivity index (χ4v) is 2.46. The number of nitrogens with zero attached hydrogens (tertiary/aromatic N) is 1. The summed E-state index contributed by atoms with van der Waals surface area (Å²) in [4.78, 5) is 14.1. The lowest BCUT2D eigenvalue weighted by molar-refractivity contribution is -0.135. The molecule has 0 radical (unpaired) electrons. The molecule has 16 heavy (non-hydrogen) atoms. The summed E-state index contributed by atoms with van der Waals surface area (Å²) in [7, 11) is 0. The molecule has 1 unspecified atom stereocenters. The van der Waals surface area contributed by atoms with Crippen molar-refractivity contribution in [3.8, 4) is 0 Å². The molecule has 92 valence electrons. The highest BCUT2D eigenvalue weighted by Crippen LogP contribution is 2.17. The summed E-state index contributed by atoms with van der Waals surface area (Å²) < 4.78 is 5.35. The fraction of sp³-hybridized carbons (Fsp3) is 0.917. The van der Waals surface area contributed by atoms with Crippen LogP contribution in [0.1, 0.15) is 19.8 Å². The lowest BCUT2D eigenvalue weighted by Crippen LogP contribution is -2.40. The third-order valence-electron chi connectivity index (χ3n) is 3.56. The van der Waals surface area contributed by atoms with Crippen LogP contribution in [0.2, 0.25) is 0 Å². The average Bonchev–Trinajstić information content (AvgIpc) is 2.46. The molecule has 4 heteroatoms. The van der Waals surface area contributed by atoms with Crippen LogP contribution in [-0.2, 0) is 9.53 Å². The van der Waals surface area contributed by atoms with E-state index in [0.29, 0.717) is 11.8 Å². The fourth-order valence-electron chi connectivity index (χ4n) is 2.46. The summed E-state index contributed by atoms with van der Waals surface area (Å²) in [6.07, 6.45) is 2.21. The highest BCUT2D eigenvalue weighted by molar-refractivity contribution is 5.79. The van der Waals surface area contributed by atoms with Crippen molar-refractivity contribution < 1.29 is 9.53 Å². The van der Waals surface area contributed by atoms with E-state index >= 15 is 0 Å². The van der Waals surface area contributed by atoms with E-state index < -0.39 is 0 Å². The normalized spacial score (nSPS) is 29.2. The van der Waals surface area contributed by atoms with E-state index in [1.54, 1.807) is 0 Å². The van der Waals surface area contributed by atoms with Gasteiger partial charge in [0.1, 0.15) is 0 Å². The van der Waals surface area contributed by atoms with Crippen molar-refractivity contribution in [2.24, 2.45) is 11.8 Å². The van der Waals surface area contributed by atoms with Gasteiger partial charge in [0.2, 0.25) is 5.91 Å². The molecule has 0 saturated carbocycles. The van der Waals surface area contributed by atoms with Crippen molar-refractivity contribution in [3.63, 3.8) is 0 Å². The van der Waals surface area contributed by atoms with Crippen LogP contribution in [0, 0.1) is 11.8 Å². The molecular weight excluding hydrogens is 204 g/mol. The minimum atomic E-state index is 0.127. The molecule has 0 bridgehead atoms. The number of ether oxygens (including phenoxy) is 1. The Morgan fingerprint density at radius 2 is 2.19 bits per heavy atom. The molecule has 0 spiro atoms. The highest BCUT2D eigenvalue weighted by atomic mass is 16.5. The van der Waals surface area contributed by atoms with Crippen LogP contribution < -0.4 is 5.32 Å². The first-order valence-electron chi connectivity index (χ1n) is 6.34. The van der Waals surface area contributed by atoms with Gasteiger partial charge in [-0.15, -0.1) is 0 Å². The number of hydrogen-bond acceptors (Lipinski definition) is 3. The molecular formula is C12H22N2O2. The minimum Gasteiger partial charge on any atom is -0.381 e. The van der Waals surface area contributed by atoms with E-state index in [1.165, 1.54) is 0 Å². The lowest BCUT2D eigenvalue weighted by Gasteiger charge is -2.29. The van der Waals surface area contributed by atoms with E-state index in [-0.39, 0.29) is 5.92 Å². The first kappa shape index (κ1) is 11.9. The molecule has 1 atom stereocenters. The van der Waals surface area contributed by atoms with Gasteiger partial charge in [-0.05, 0) is 18.8 Å². The highest BCUT2D eigenvalue weighted by Gasteiger charge is 2.26. The van der Waals surface area contributed by atoms with Gasteiger partial charge in [0.05, 0.1) is 0 Å². The molecule has 0 aromatic rings. The molecule has 2 heterocycles. The number of carbonyl (C=O) groups excluding carboxylic acids is 1. The number of rotatable bonds is 2. The predicted octanol–water partition coefficient (Wildman–Crippen LogP) is 0.481. The van der Waals surface area contributed by atoms with Gasteiger partial charge in [-0.3, -0.25) is 4.79 Å². The van der Waals surface area contributed by atoms with Crippen LogP contribution in [0.4, 0.5) is 0 Å². The van der Waals surface area contributed by atoms with Gasteiger partial charge in [-0.2, -0.15) is 0 Å². The van der Waals surface area contributed by atoms with E-state index in [9.17, 15) is 4.79 Å². The summed E-state index contributed by atoms with van der Waals surface area (Å²) in [6.45, 7) is 7.27. The lowest BCUT2D eigenvalue weighted by atomic mass is 9.99.